The van der Waals surface area contributed by atoms with E-state index in [1.54, 1.807) is 19.1 Å². The molecule has 0 amide bonds. The van der Waals surface area contributed by atoms with Crippen molar-refractivity contribution in [2.45, 2.75) is 39.2 Å². The van der Waals surface area contributed by atoms with Gasteiger partial charge in [0.15, 0.2) is 0 Å². The maximum Gasteiger partial charge on any atom is 0.125 e. The summed E-state index contributed by atoms with van der Waals surface area (Å²) < 4.78 is 0. The number of aliphatic hydroxyl groups excluding tert-OH is 1. The molecule has 1 rings (SSSR count). The number of phenols is 1. The third-order valence-electron chi connectivity index (χ3n) is 2.56. The van der Waals surface area contributed by atoms with E-state index in [0.717, 1.165) is 5.56 Å². The van der Waals surface area contributed by atoms with Crippen molar-refractivity contribution in [3.05, 3.63) is 23.3 Å². The number of aliphatic imine (C=N–C) groups is 1. The lowest BCUT2D eigenvalue weighted by atomic mass is 9.84. The van der Waals surface area contributed by atoms with E-state index in [0.29, 0.717) is 11.3 Å². The van der Waals surface area contributed by atoms with Crippen molar-refractivity contribution in [2.24, 2.45) is 4.99 Å². The van der Waals surface area contributed by atoms with Gasteiger partial charge in [-0.1, -0.05) is 20.8 Å². The molecular formula is C13H17NO2S. The van der Waals surface area contributed by atoms with Gasteiger partial charge in [0.2, 0.25) is 0 Å². The fraction of sp³-hybridized carbons (Fsp3) is 0.462. The molecule has 2 N–H and O–H groups in total. The molecule has 0 bridgehead atoms. The Hall–Kier alpha value is -1.22. The van der Waals surface area contributed by atoms with E-state index >= 15 is 0 Å². The second-order valence-corrected chi connectivity index (χ2v) is 5.24. The van der Waals surface area contributed by atoms with Crippen LogP contribution in [0.1, 0.15) is 44.9 Å². The minimum Gasteiger partial charge on any atom is -0.507 e. The van der Waals surface area contributed by atoms with E-state index in [9.17, 15) is 10.2 Å². The van der Waals surface area contributed by atoms with Crippen molar-refractivity contribution < 1.29 is 10.2 Å². The van der Waals surface area contributed by atoms with Gasteiger partial charge < -0.3 is 10.2 Å². The molecule has 0 aromatic heterocycles. The minimum atomic E-state index is -0.753. The number of aromatic hydroxyl groups is 1. The molecule has 0 heterocycles. The zero-order valence-electron chi connectivity index (χ0n) is 10.5. The molecule has 17 heavy (non-hydrogen) atoms. The van der Waals surface area contributed by atoms with Crippen LogP contribution in [0.2, 0.25) is 0 Å². The van der Waals surface area contributed by atoms with E-state index < -0.39 is 6.10 Å². The average molecular weight is 251 g/mol. The molecule has 92 valence electrons. The van der Waals surface area contributed by atoms with Crippen molar-refractivity contribution in [3.63, 3.8) is 0 Å². The fourth-order valence-electron chi connectivity index (χ4n) is 1.65. The van der Waals surface area contributed by atoms with Crippen molar-refractivity contribution in [2.75, 3.05) is 0 Å². The molecule has 1 unspecified atom stereocenters. The Morgan fingerprint density at radius 1 is 1.35 bits per heavy atom. The summed E-state index contributed by atoms with van der Waals surface area (Å²) in [4.78, 5) is 3.91. The lowest BCUT2D eigenvalue weighted by Crippen LogP contribution is -2.12. The van der Waals surface area contributed by atoms with Crippen molar-refractivity contribution in [1.29, 1.82) is 0 Å². The van der Waals surface area contributed by atoms with Gasteiger partial charge in [-0.3, -0.25) is 0 Å². The largest absolute Gasteiger partial charge is 0.507 e. The number of isothiocyanates is 1. The zero-order chi connectivity index (χ0) is 13.2. The molecule has 0 aliphatic carbocycles. The summed E-state index contributed by atoms with van der Waals surface area (Å²) in [7, 11) is 0. The van der Waals surface area contributed by atoms with Gasteiger partial charge in [-0.2, -0.15) is 4.99 Å². The van der Waals surface area contributed by atoms with Crippen LogP contribution in [-0.2, 0) is 5.41 Å². The molecule has 1 aromatic carbocycles. The Balaban J connectivity index is 3.54. The van der Waals surface area contributed by atoms with E-state index in [4.69, 9.17) is 0 Å². The number of nitrogens with zero attached hydrogens (tertiary/aromatic N) is 1. The minimum absolute atomic E-state index is 0.121. The molecule has 4 heteroatoms. The van der Waals surface area contributed by atoms with Gasteiger partial charge in [-0.25, -0.2) is 0 Å². The van der Waals surface area contributed by atoms with Crippen LogP contribution in [0.25, 0.3) is 0 Å². The van der Waals surface area contributed by atoms with E-state index in [-0.39, 0.29) is 11.2 Å². The molecule has 0 aliphatic heterocycles. The van der Waals surface area contributed by atoms with Crippen molar-refractivity contribution in [1.82, 2.24) is 0 Å². The van der Waals surface area contributed by atoms with Crippen molar-refractivity contribution >= 4 is 23.1 Å². The molecule has 3 nitrogen and oxygen atoms in total. The topological polar surface area (TPSA) is 52.8 Å². The molecule has 0 radical (unpaired) electrons. The zero-order valence-corrected chi connectivity index (χ0v) is 11.3. The molecule has 0 saturated carbocycles. The van der Waals surface area contributed by atoms with Gasteiger partial charge in [-0.05, 0) is 36.7 Å². The Bertz CT molecular complexity index is 469. The van der Waals surface area contributed by atoms with Gasteiger partial charge in [0.25, 0.3) is 0 Å². The van der Waals surface area contributed by atoms with Crippen LogP contribution < -0.4 is 0 Å². The fourth-order valence-corrected chi connectivity index (χ4v) is 1.75. The first-order valence-corrected chi connectivity index (χ1v) is 5.81. The lowest BCUT2D eigenvalue weighted by molar-refractivity contribution is 0.194. The number of phenolic OH excluding ortho intramolecular Hbond substituents is 1. The third-order valence-corrected chi connectivity index (χ3v) is 2.65. The summed E-state index contributed by atoms with van der Waals surface area (Å²) >= 11 is 4.57. The summed E-state index contributed by atoms with van der Waals surface area (Å²) in [6.07, 6.45) is -0.753. The maximum absolute atomic E-state index is 10.1. The van der Waals surface area contributed by atoms with Gasteiger partial charge in [0.1, 0.15) is 5.75 Å². The number of rotatable bonds is 2. The highest BCUT2D eigenvalue weighted by molar-refractivity contribution is 7.78. The van der Waals surface area contributed by atoms with Gasteiger partial charge in [0, 0.05) is 11.1 Å². The molecule has 0 fully saturated rings. The van der Waals surface area contributed by atoms with E-state index in [1.165, 1.54) is 0 Å². The molecule has 0 saturated heterocycles. The number of thiocarbonyl (C=S) groups is 1. The highest BCUT2D eigenvalue weighted by Gasteiger charge is 2.22. The predicted octanol–water partition coefficient (Wildman–Crippen LogP) is 3.48. The number of hydrogen-bond donors (Lipinski definition) is 2. The Labute approximate surface area is 107 Å². The number of aliphatic hydroxyl groups is 1. The smallest absolute Gasteiger partial charge is 0.125 e. The SMILES string of the molecule is CC(O)c1cc(N=C=S)cc(C(C)(C)C)c1O. The predicted molar refractivity (Wildman–Crippen MR) is 72.1 cm³/mol. The number of hydrogen-bond acceptors (Lipinski definition) is 4. The first-order chi connectivity index (χ1) is 7.77. The standard InChI is InChI=1S/C13H17NO2S/c1-8(15)10-5-9(14-7-17)6-11(12(10)16)13(2,3)4/h5-6,8,15-16H,1-4H3. The highest BCUT2D eigenvalue weighted by Crippen LogP contribution is 2.39. The molecule has 1 aromatic rings. The second kappa shape index (κ2) is 4.96. The van der Waals surface area contributed by atoms with Crippen LogP contribution in [0.5, 0.6) is 5.75 Å². The third kappa shape index (κ3) is 3.13. The van der Waals surface area contributed by atoms with Crippen molar-refractivity contribution in [3.8, 4) is 5.75 Å². The Morgan fingerprint density at radius 3 is 2.35 bits per heavy atom. The van der Waals surface area contributed by atoms with Gasteiger partial charge in [-0.15, -0.1) is 0 Å². The molecule has 0 spiro atoms. The maximum atomic E-state index is 10.1. The van der Waals surface area contributed by atoms with Crippen LogP contribution in [-0.4, -0.2) is 15.4 Å². The summed E-state index contributed by atoms with van der Waals surface area (Å²) in [5.41, 5.74) is 1.56. The summed E-state index contributed by atoms with van der Waals surface area (Å²) in [5.74, 6) is 0.121. The van der Waals surface area contributed by atoms with Crippen LogP contribution in [0, 0.1) is 0 Å². The van der Waals surface area contributed by atoms with E-state index in [2.05, 4.69) is 22.4 Å². The van der Waals surface area contributed by atoms with Crippen LogP contribution in [0.4, 0.5) is 5.69 Å². The lowest BCUT2D eigenvalue weighted by Gasteiger charge is -2.23. The Morgan fingerprint density at radius 2 is 1.94 bits per heavy atom. The highest BCUT2D eigenvalue weighted by atomic mass is 32.1. The molecule has 0 aliphatic rings. The van der Waals surface area contributed by atoms with Gasteiger partial charge >= 0.3 is 0 Å². The van der Waals surface area contributed by atoms with Crippen LogP contribution in [0.3, 0.4) is 0 Å². The summed E-state index contributed by atoms with van der Waals surface area (Å²) in [5, 5.41) is 22.1. The average Bonchev–Trinajstić information content (AvgIpc) is 2.18. The van der Waals surface area contributed by atoms with Crippen LogP contribution >= 0.6 is 12.2 Å². The second-order valence-electron chi connectivity index (χ2n) is 5.06. The quantitative estimate of drug-likeness (QED) is 0.625. The first-order valence-electron chi connectivity index (χ1n) is 5.40. The Kier molecular flexibility index (Phi) is 4.04. The normalized spacial score (nSPS) is 13.0. The summed E-state index contributed by atoms with van der Waals surface area (Å²) in [6.45, 7) is 7.56. The molecule has 1 atom stereocenters. The van der Waals surface area contributed by atoms with E-state index in [1.807, 2.05) is 20.8 Å². The summed E-state index contributed by atoms with van der Waals surface area (Å²) in [6, 6.07) is 3.38. The van der Waals surface area contributed by atoms with Gasteiger partial charge in [0.05, 0.1) is 17.0 Å². The number of benzene rings is 1. The van der Waals surface area contributed by atoms with Crippen LogP contribution in [0.15, 0.2) is 17.1 Å². The molecular weight excluding hydrogens is 234 g/mol. The monoisotopic (exact) mass is 251 g/mol. The first kappa shape index (κ1) is 13.8.